The lowest BCUT2D eigenvalue weighted by Crippen LogP contribution is -2.37. The SMILES string of the molecule is CCCN(CC(C)=O)C(=O)c1nc2c(Br)cc(C3CC3)cc2n1C. The molecular formula is C18H22BrN3O2. The Kier molecular flexibility index (Phi) is 4.76. The minimum absolute atomic E-state index is 0.0206. The molecule has 1 amide bonds. The Hall–Kier alpha value is -1.69. The first kappa shape index (κ1) is 17.1. The van der Waals surface area contributed by atoms with Gasteiger partial charge < -0.3 is 9.47 Å². The van der Waals surface area contributed by atoms with Crippen molar-refractivity contribution in [1.29, 1.82) is 0 Å². The molecule has 5 nitrogen and oxygen atoms in total. The number of rotatable bonds is 6. The van der Waals surface area contributed by atoms with Crippen LogP contribution < -0.4 is 0 Å². The van der Waals surface area contributed by atoms with Crippen LogP contribution in [0.2, 0.25) is 0 Å². The molecule has 0 radical (unpaired) electrons. The van der Waals surface area contributed by atoms with Gasteiger partial charge in [-0.25, -0.2) is 4.98 Å². The van der Waals surface area contributed by atoms with Crippen molar-refractivity contribution in [2.24, 2.45) is 7.05 Å². The predicted molar refractivity (Wildman–Crippen MR) is 97.3 cm³/mol. The first-order chi connectivity index (χ1) is 11.4. The lowest BCUT2D eigenvalue weighted by molar-refractivity contribution is -0.117. The highest BCUT2D eigenvalue weighted by Crippen LogP contribution is 2.42. The molecule has 0 bridgehead atoms. The summed E-state index contributed by atoms with van der Waals surface area (Å²) in [5.74, 6) is 0.806. The van der Waals surface area contributed by atoms with Crippen LogP contribution in [0, 0.1) is 0 Å². The minimum atomic E-state index is -0.189. The van der Waals surface area contributed by atoms with E-state index in [0.29, 0.717) is 18.3 Å². The molecule has 1 aliphatic rings. The van der Waals surface area contributed by atoms with E-state index < -0.39 is 0 Å². The third-order valence-electron chi connectivity index (χ3n) is 4.40. The van der Waals surface area contributed by atoms with Crippen molar-refractivity contribution in [2.75, 3.05) is 13.1 Å². The zero-order valence-corrected chi connectivity index (χ0v) is 15.9. The number of amides is 1. The van der Waals surface area contributed by atoms with Gasteiger partial charge in [-0.15, -0.1) is 0 Å². The molecule has 0 unspecified atom stereocenters. The molecule has 1 aliphatic carbocycles. The van der Waals surface area contributed by atoms with Crippen LogP contribution >= 0.6 is 15.9 Å². The van der Waals surface area contributed by atoms with Gasteiger partial charge in [0.2, 0.25) is 0 Å². The summed E-state index contributed by atoms with van der Waals surface area (Å²) < 4.78 is 2.77. The van der Waals surface area contributed by atoms with E-state index in [1.54, 1.807) is 4.90 Å². The second-order valence-corrected chi connectivity index (χ2v) is 7.42. The van der Waals surface area contributed by atoms with Gasteiger partial charge in [0.15, 0.2) is 5.82 Å². The fourth-order valence-electron chi connectivity index (χ4n) is 3.04. The first-order valence-corrected chi connectivity index (χ1v) is 9.16. The molecule has 0 spiro atoms. The van der Waals surface area contributed by atoms with Gasteiger partial charge in [0.1, 0.15) is 11.3 Å². The van der Waals surface area contributed by atoms with Gasteiger partial charge in [-0.3, -0.25) is 9.59 Å². The van der Waals surface area contributed by atoms with E-state index in [0.717, 1.165) is 21.9 Å². The van der Waals surface area contributed by atoms with Gasteiger partial charge in [0.05, 0.1) is 12.1 Å². The maximum Gasteiger partial charge on any atom is 0.290 e. The Morgan fingerprint density at radius 1 is 1.38 bits per heavy atom. The third-order valence-corrected chi connectivity index (χ3v) is 5.00. The van der Waals surface area contributed by atoms with Crippen molar-refractivity contribution in [2.45, 2.75) is 39.0 Å². The topological polar surface area (TPSA) is 55.2 Å². The van der Waals surface area contributed by atoms with Crippen molar-refractivity contribution < 1.29 is 9.59 Å². The summed E-state index contributed by atoms with van der Waals surface area (Å²) in [6, 6.07) is 4.25. The van der Waals surface area contributed by atoms with Gasteiger partial charge in [-0.2, -0.15) is 0 Å². The Morgan fingerprint density at radius 2 is 2.08 bits per heavy atom. The van der Waals surface area contributed by atoms with E-state index in [4.69, 9.17) is 0 Å². The lowest BCUT2D eigenvalue weighted by atomic mass is 10.1. The summed E-state index contributed by atoms with van der Waals surface area (Å²) in [5, 5.41) is 0. The highest BCUT2D eigenvalue weighted by molar-refractivity contribution is 9.10. The molecule has 1 saturated carbocycles. The number of aryl methyl sites for hydroxylation is 1. The van der Waals surface area contributed by atoms with E-state index in [-0.39, 0.29) is 18.2 Å². The average Bonchev–Trinajstić information content (AvgIpc) is 3.31. The quantitative estimate of drug-likeness (QED) is 0.754. The molecule has 6 heteroatoms. The molecule has 2 aromatic rings. The number of hydrogen-bond acceptors (Lipinski definition) is 3. The van der Waals surface area contributed by atoms with Crippen molar-refractivity contribution in [3.05, 3.63) is 28.0 Å². The van der Waals surface area contributed by atoms with Crippen molar-refractivity contribution in [1.82, 2.24) is 14.5 Å². The van der Waals surface area contributed by atoms with Gasteiger partial charge in [-0.1, -0.05) is 6.92 Å². The highest BCUT2D eigenvalue weighted by Gasteiger charge is 2.27. The van der Waals surface area contributed by atoms with E-state index in [2.05, 4.69) is 33.0 Å². The first-order valence-electron chi connectivity index (χ1n) is 8.37. The summed E-state index contributed by atoms with van der Waals surface area (Å²) in [7, 11) is 1.86. The van der Waals surface area contributed by atoms with Crippen molar-refractivity contribution in [3.8, 4) is 0 Å². The summed E-state index contributed by atoms with van der Waals surface area (Å²) in [5.41, 5.74) is 3.05. The molecule has 1 heterocycles. The average molecular weight is 392 g/mol. The number of nitrogens with zero attached hydrogens (tertiary/aromatic N) is 3. The van der Waals surface area contributed by atoms with Crippen LogP contribution in [-0.2, 0) is 11.8 Å². The largest absolute Gasteiger partial charge is 0.329 e. The molecule has 1 fully saturated rings. The monoisotopic (exact) mass is 391 g/mol. The van der Waals surface area contributed by atoms with Crippen LogP contribution in [0.1, 0.15) is 55.2 Å². The van der Waals surface area contributed by atoms with Gasteiger partial charge in [-0.05, 0) is 65.7 Å². The van der Waals surface area contributed by atoms with E-state index in [9.17, 15) is 9.59 Å². The second-order valence-electron chi connectivity index (χ2n) is 6.57. The van der Waals surface area contributed by atoms with Crippen LogP contribution in [0.15, 0.2) is 16.6 Å². The van der Waals surface area contributed by atoms with Gasteiger partial charge in [0, 0.05) is 18.1 Å². The lowest BCUT2D eigenvalue weighted by Gasteiger charge is -2.20. The molecule has 0 saturated heterocycles. The van der Waals surface area contributed by atoms with Gasteiger partial charge >= 0.3 is 0 Å². The maximum atomic E-state index is 12.9. The molecule has 0 aliphatic heterocycles. The van der Waals surface area contributed by atoms with E-state index >= 15 is 0 Å². The molecule has 1 aromatic carbocycles. The van der Waals surface area contributed by atoms with Crippen LogP contribution in [-0.4, -0.2) is 39.2 Å². The molecular weight excluding hydrogens is 370 g/mol. The summed E-state index contributed by atoms with van der Waals surface area (Å²) in [4.78, 5) is 30.5. The number of carbonyl (C=O) groups excluding carboxylic acids is 2. The fourth-order valence-corrected chi connectivity index (χ4v) is 3.60. The van der Waals surface area contributed by atoms with Crippen LogP contribution in [0.25, 0.3) is 11.0 Å². The minimum Gasteiger partial charge on any atom is -0.329 e. The molecule has 128 valence electrons. The number of imidazole rings is 1. The number of carbonyl (C=O) groups is 2. The zero-order valence-electron chi connectivity index (χ0n) is 14.3. The number of Topliss-reactive ketones (excluding diaryl/α,β-unsaturated/α-hetero) is 1. The van der Waals surface area contributed by atoms with Crippen LogP contribution in [0.4, 0.5) is 0 Å². The zero-order chi connectivity index (χ0) is 17.4. The molecule has 24 heavy (non-hydrogen) atoms. The predicted octanol–water partition coefficient (Wildman–Crippen LogP) is 3.65. The molecule has 3 rings (SSSR count). The standard InChI is InChI=1S/C18H22BrN3O2/c1-4-7-22(10-11(2)23)18(24)17-20-16-14(19)8-13(12-5-6-12)9-15(16)21(17)3/h8-9,12H,4-7,10H2,1-3H3. The van der Waals surface area contributed by atoms with Crippen molar-refractivity contribution >= 4 is 38.7 Å². The number of aromatic nitrogens is 2. The Labute approximate surface area is 150 Å². The number of benzene rings is 1. The van der Waals surface area contributed by atoms with Gasteiger partial charge in [0.25, 0.3) is 5.91 Å². The van der Waals surface area contributed by atoms with Crippen LogP contribution in [0.3, 0.4) is 0 Å². The number of hydrogen-bond donors (Lipinski definition) is 0. The number of ketones is 1. The normalized spacial score (nSPS) is 14.2. The number of halogens is 1. The smallest absolute Gasteiger partial charge is 0.290 e. The second kappa shape index (κ2) is 6.67. The van der Waals surface area contributed by atoms with Crippen LogP contribution in [0.5, 0.6) is 0 Å². The molecule has 0 N–H and O–H groups in total. The summed E-state index contributed by atoms with van der Waals surface area (Å²) in [6.45, 7) is 4.18. The highest BCUT2D eigenvalue weighted by atomic mass is 79.9. The Balaban J connectivity index is 2.02. The molecule has 1 aromatic heterocycles. The Bertz CT molecular complexity index is 808. The number of fused-ring (bicyclic) bond motifs is 1. The Morgan fingerprint density at radius 3 is 2.67 bits per heavy atom. The third kappa shape index (κ3) is 3.24. The molecule has 0 atom stereocenters. The maximum absolute atomic E-state index is 12.9. The summed E-state index contributed by atoms with van der Waals surface area (Å²) in [6.07, 6.45) is 3.26. The van der Waals surface area contributed by atoms with E-state index in [1.165, 1.54) is 25.3 Å². The van der Waals surface area contributed by atoms with Crippen molar-refractivity contribution in [3.63, 3.8) is 0 Å². The summed E-state index contributed by atoms with van der Waals surface area (Å²) >= 11 is 3.59. The fraction of sp³-hybridized carbons (Fsp3) is 0.500. The van der Waals surface area contributed by atoms with E-state index in [1.807, 2.05) is 18.5 Å².